The molecule has 0 saturated carbocycles. The predicted octanol–water partition coefficient (Wildman–Crippen LogP) is 6.65. The number of aromatic amines is 1. The topological polar surface area (TPSA) is 180 Å². The molecule has 4 aromatic heterocycles. The van der Waals surface area contributed by atoms with Gasteiger partial charge in [-0.05, 0) is 61.7 Å². The van der Waals surface area contributed by atoms with Gasteiger partial charge in [-0.15, -0.1) is 0 Å². The average molecular weight is 828 g/mol. The molecule has 2 saturated heterocycles. The molecule has 3 N–H and O–H groups in total. The van der Waals surface area contributed by atoms with Gasteiger partial charge in [0.2, 0.25) is 11.8 Å². The number of nitrogens with zero attached hydrogens (tertiary/aromatic N) is 8. The number of carbonyl (C=O) groups excluding carboxylic acids is 3. The lowest BCUT2D eigenvalue weighted by Crippen LogP contribution is -2.48. The molecule has 0 atom stereocenters. The van der Waals surface area contributed by atoms with Gasteiger partial charge < -0.3 is 14.7 Å². The van der Waals surface area contributed by atoms with Crippen molar-refractivity contribution in [3.63, 3.8) is 0 Å². The Hall–Kier alpha value is -6.88. The molecule has 2 fully saturated rings. The van der Waals surface area contributed by atoms with Gasteiger partial charge in [-0.2, -0.15) is 15.2 Å². The van der Waals surface area contributed by atoms with Crippen LogP contribution in [-0.4, -0.2) is 82.2 Å². The lowest BCUT2D eigenvalue weighted by atomic mass is 9.88. The zero-order valence-electron chi connectivity index (χ0n) is 33.8. The van der Waals surface area contributed by atoms with Crippen molar-refractivity contribution in [1.29, 1.82) is 0 Å². The quantitative estimate of drug-likeness (QED) is 0.135. The minimum atomic E-state index is -0.575. The van der Waals surface area contributed by atoms with Crippen molar-refractivity contribution in [2.75, 3.05) is 19.6 Å². The summed E-state index contributed by atoms with van der Waals surface area (Å²) in [5.41, 5.74) is 6.09. The lowest BCUT2D eigenvalue weighted by Gasteiger charge is -2.32. The maximum absolute atomic E-state index is 15.7. The SMILES string of the molecule is CC(C)(C)c1nc(C(=O)NCc2ccc(-c3ccnc4cc(-c5ccc(CN6CCC(c7ccc8c(CN9CCC(=O)NC9=O)[nH]nc8c7)CC6)c(F)c5)nn34)cc2F)no1. The van der Waals surface area contributed by atoms with Crippen molar-refractivity contribution >= 4 is 34.4 Å². The summed E-state index contributed by atoms with van der Waals surface area (Å²) in [4.78, 5) is 48.8. The number of halogens is 2. The fraction of sp³-hybridized carbons (Fsp3) is 0.318. The summed E-state index contributed by atoms with van der Waals surface area (Å²) in [5, 5.41) is 22.0. The second-order valence-electron chi connectivity index (χ2n) is 16.7. The standard InChI is InChI=1S/C44H43F2N11O4/c1-44(2,3)42-50-40(54-61-42)41(59)48-22-29-6-5-28(19-32(29)45)37-10-14-47-38-21-34(53-57(37)38)27-4-7-30(33(46)18-27)23-55-15-11-25(12-16-55)26-8-9-31-35(20-26)51-52-36(31)24-56-17-13-39(58)49-43(56)60/h4-10,14,18-21,25H,11-13,15-17,22-24H2,1-3H3,(H,48,59)(H,51,52)(H,49,58,60). The number of likely N-dealkylation sites (tertiary alicyclic amines) is 1. The van der Waals surface area contributed by atoms with Crippen molar-refractivity contribution in [1.82, 2.24) is 55.4 Å². The number of urea groups is 1. The summed E-state index contributed by atoms with van der Waals surface area (Å²) in [6.45, 7) is 8.41. The predicted molar refractivity (Wildman–Crippen MR) is 220 cm³/mol. The Morgan fingerprint density at radius 2 is 1.69 bits per heavy atom. The number of carbonyl (C=O) groups is 3. The highest BCUT2D eigenvalue weighted by atomic mass is 19.1. The fourth-order valence-corrected chi connectivity index (χ4v) is 7.88. The molecule has 0 spiro atoms. The first kappa shape index (κ1) is 39.6. The van der Waals surface area contributed by atoms with E-state index in [1.54, 1.807) is 45.9 Å². The number of aromatic nitrogens is 7. The molecule has 3 aromatic carbocycles. The van der Waals surface area contributed by atoms with E-state index in [0.29, 0.717) is 65.2 Å². The molecule has 4 amide bonds. The van der Waals surface area contributed by atoms with Gasteiger partial charge in [0.05, 0.1) is 29.1 Å². The molecule has 6 heterocycles. The number of nitrogens with one attached hydrogen (secondary N) is 3. The van der Waals surface area contributed by atoms with Gasteiger partial charge in [0, 0.05) is 71.4 Å². The van der Waals surface area contributed by atoms with Crippen molar-refractivity contribution in [2.24, 2.45) is 0 Å². The van der Waals surface area contributed by atoms with Crippen LogP contribution in [0.5, 0.6) is 0 Å². The molecule has 0 unspecified atom stereocenters. The molecule has 15 nitrogen and oxygen atoms in total. The third-order valence-electron chi connectivity index (χ3n) is 11.4. The van der Waals surface area contributed by atoms with Crippen molar-refractivity contribution in [2.45, 2.75) is 71.0 Å². The monoisotopic (exact) mass is 827 g/mol. The van der Waals surface area contributed by atoms with Crippen LogP contribution in [0.2, 0.25) is 0 Å². The number of hydrogen-bond acceptors (Lipinski definition) is 10. The molecular formula is C44H43F2N11O4. The van der Waals surface area contributed by atoms with E-state index in [1.165, 1.54) is 17.7 Å². The van der Waals surface area contributed by atoms with E-state index in [0.717, 1.165) is 42.5 Å². The molecule has 61 heavy (non-hydrogen) atoms. The van der Waals surface area contributed by atoms with Crippen molar-refractivity contribution in [3.8, 4) is 22.5 Å². The van der Waals surface area contributed by atoms with Gasteiger partial charge in [0.1, 0.15) is 11.6 Å². The molecule has 17 heteroatoms. The van der Waals surface area contributed by atoms with Gasteiger partial charge in [-0.3, -0.25) is 24.9 Å². The number of hydrogen-bond donors (Lipinski definition) is 3. The molecule has 312 valence electrons. The summed E-state index contributed by atoms with van der Waals surface area (Å²) >= 11 is 0. The first-order valence-electron chi connectivity index (χ1n) is 20.2. The van der Waals surface area contributed by atoms with E-state index in [9.17, 15) is 14.4 Å². The Labute approximate surface area is 348 Å². The molecule has 0 aliphatic carbocycles. The third-order valence-corrected chi connectivity index (χ3v) is 11.4. The Morgan fingerprint density at radius 1 is 0.918 bits per heavy atom. The fourth-order valence-electron chi connectivity index (χ4n) is 7.88. The zero-order chi connectivity index (χ0) is 42.4. The molecule has 2 aliphatic rings. The molecule has 2 aliphatic heterocycles. The van der Waals surface area contributed by atoms with Crippen LogP contribution in [0, 0.1) is 11.6 Å². The first-order valence-corrected chi connectivity index (χ1v) is 20.2. The van der Waals surface area contributed by atoms with Crippen LogP contribution in [0.15, 0.2) is 77.4 Å². The molecule has 0 radical (unpaired) electrons. The average Bonchev–Trinajstić information content (AvgIpc) is 4.02. The Kier molecular flexibility index (Phi) is 10.3. The molecular weight excluding hydrogens is 785 g/mol. The second-order valence-corrected chi connectivity index (χ2v) is 16.7. The second kappa shape index (κ2) is 15.9. The Morgan fingerprint density at radius 3 is 2.44 bits per heavy atom. The molecule has 0 bridgehead atoms. The smallest absolute Gasteiger partial charge is 0.324 e. The molecule has 9 rings (SSSR count). The lowest BCUT2D eigenvalue weighted by molar-refractivity contribution is -0.121. The van der Waals surface area contributed by atoms with E-state index in [2.05, 4.69) is 53.0 Å². The number of fused-ring (bicyclic) bond motifs is 2. The van der Waals surface area contributed by atoms with Gasteiger partial charge in [0.25, 0.3) is 11.7 Å². The summed E-state index contributed by atoms with van der Waals surface area (Å²) in [6, 6.07) is 19.2. The number of H-pyrrole nitrogens is 1. The van der Waals surface area contributed by atoms with E-state index < -0.39 is 23.2 Å². The molecule has 7 aromatic rings. The third kappa shape index (κ3) is 8.20. The Balaban J connectivity index is 0.819. The van der Waals surface area contributed by atoms with Gasteiger partial charge >= 0.3 is 6.03 Å². The summed E-state index contributed by atoms with van der Waals surface area (Å²) in [5.74, 6) is -1.13. The number of imide groups is 1. The highest BCUT2D eigenvalue weighted by Crippen LogP contribution is 2.33. The minimum absolute atomic E-state index is 0.0806. The van der Waals surface area contributed by atoms with E-state index in [4.69, 9.17) is 9.62 Å². The summed E-state index contributed by atoms with van der Waals surface area (Å²) in [7, 11) is 0. The van der Waals surface area contributed by atoms with Crippen molar-refractivity contribution < 1.29 is 27.7 Å². The van der Waals surface area contributed by atoms with E-state index >= 15 is 8.78 Å². The summed E-state index contributed by atoms with van der Waals surface area (Å²) in [6.07, 6.45) is 3.73. The van der Waals surface area contributed by atoms with Gasteiger partial charge in [-0.1, -0.05) is 62.3 Å². The van der Waals surface area contributed by atoms with E-state index in [-0.39, 0.29) is 36.1 Å². The van der Waals surface area contributed by atoms with Crippen LogP contribution in [0.3, 0.4) is 0 Å². The minimum Gasteiger partial charge on any atom is -0.345 e. The number of rotatable bonds is 10. The number of benzene rings is 3. The summed E-state index contributed by atoms with van der Waals surface area (Å²) < 4.78 is 37.9. The van der Waals surface area contributed by atoms with Gasteiger partial charge in [0.15, 0.2) is 5.65 Å². The van der Waals surface area contributed by atoms with Crippen LogP contribution in [0.1, 0.15) is 84.8 Å². The van der Waals surface area contributed by atoms with E-state index in [1.807, 2.05) is 32.9 Å². The van der Waals surface area contributed by atoms with Crippen LogP contribution in [0.4, 0.5) is 13.6 Å². The maximum Gasteiger partial charge on any atom is 0.324 e. The largest absolute Gasteiger partial charge is 0.345 e. The van der Waals surface area contributed by atoms with Gasteiger partial charge in [-0.25, -0.2) is 23.1 Å². The Bertz CT molecular complexity index is 2820. The van der Waals surface area contributed by atoms with Crippen LogP contribution < -0.4 is 10.6 Å². The highest BCUT2D eigenvalue weighted by molar-refractivity contribution is 5.96. The van der Waals surface area contributed by atoms with Crippen LogP contribution >= 0.6 is 0 Å². The number of piperidine rings is 1. The van der Waals surface area contributed by atoms with Crippen LogP contribution in [-0.2, 0) is 29.8 Å². The maximum atomic E-state index is 15.7. The van der Waals surface area contributed by atoms with Crippen molar-refractivity contribution in [3.05, 3.63) is 119 Å². The number of amides is 4. The normalized spacial score (nSPS) is 15.5. The van der Waals surface area contributed by atoms with Crippen LogP contribution in [0.25, 0.3) is 39.1 Å². The highest BCUT2D eigenvalue weighted by Gasteiger charge is 2.27. The first-order chi connectivity index (χ1) is 29.4. The zero-order valence-corrected chi connectivity index (χ0v) is 33.8.